The monoisotopic (exact) mass is 269 g/mol. The maximum absolute atomic E-state index is 11.8. The van der Waals surface area contributed by atoms with Crippen LogP contribution in [0.15, 0.2) is 22.8 Å². The number of carbonyl (C=O) groups is 1. The Bertz CT molecular complexity index is 392. The molecule has 0 spiro atoms. The van der Waals surface area contributed by atoms with Crippen molar-refractivity contribution in [3.8, 4) is 0 Å². The first kappa shape index (κ1) is 15.6. The fraction of sp³-hybridized carbons (Fsp3) is 0.643. The van der Waals surface area contributed by atoms with Gasteiger partial charge in [0, 0.05) is 5.92 Å². The Hall–Kier alpha value is -1.49. The molecule has 0 aliphatic carbocycles. The summed E-state index contributed by atoms with van der Waals surface area (Å²) in [4.78, 5) is 11.8. The minimum Gasteiger partial charge on any atom is -0.467 e. The molecule has 0 unspecified atom stereocenters. The lowest BCUT2D eigenvalue weighted by molar-refractivity contribution is 0.0421. The maximum Gasteiger partial charge on any atom is 0.408 e. The van der Waals surface area contributed by atoms with E-state index in [9.17, 15) is 9.90 Å². The molecule has 5 heteroatoms. The highest BCUT2D eigenvalue weighted by Gasteiger charge is 2.28. The van der Waals surface area contributed by atoms with E-state index in [0.717, 1.165) is 0 Å². The summed E-state index contributed by atoms with van der Waals surface area (Å²) in [5.74, 6) is 0.401. The van der Waals surface area contributed by atoms with Crippen LogP contribution in [-0.4, -0.2) is 22.9 Å². The maximum atomic E-state index is 11.8. The highest BCUT2D eigenvalue weighted by molar-refractivity contribution is 5.68. The zero-order chi connectivity index (χ0) is 14.6. The molecule has 0 aliphatic rings. The summed E-state index contributed by atoms with van der Waals surface area (Å²) in [5, 5.41) is 12.4. The summed E-state index contributed by atoms with van der Waals surface area (Å²) in [6.07, 6.45) is 0.430. The first-order chi connectivity index (χ1) is 8.70. The van der Waals surface area contributed by atoms with Crippen molar-refractivity contribution in [1.82, 2.24) is 5.32 Å². The van der Waals surface area contributed by atoms with E-state index in [-0.39, 0.29) is 5.92 Å². The highest BCUT2D eigenvalue weighted by atomic mass is 16.6. The Morgan fingerprint density at radius 1 is 1.42 bits per heavy atom. The van der Waals surface area contributed by atoms with Crippen molar-refractivity contribution >= 4 is 6.09 Å². The van der Waals surface area contributed by atoms with Gasteiger partial charge in [-0.15, -0.1) is 0 Å². The highest BCUT2D eigenvalue weighted by Crippen LogP contribution is 2.25. The van der Waals surface area contributed by atoms with Crippen LogP contribution in [0.3, 0.4) is 0 Å². The molecule has 1 rings (SSSR count). The molecule has 1 aromatic rings. The third-order valence-corrected chi connectivity index (χ3v) is 2.81. The number of nitrogens with one attached hydrogen (secondary N) is 1. The van der Waals surface area contributed by atoms with Crippen molar-refractivity contribution in [1.29, 1.82) is 0 Å². The number of hydrogen-bond donors (Lipinski definition) is 2. The molecule has 3 atom stereocenters. The number of carbonyl (C=O) groups excluding carboxylic acids is 1. The molecule has 1 heterocycles. The van der Waals surface area contributed by atoms with E-state index in [4.69, 9.17) is 9.15 Å². The number of rotatable bonds is 4. The van der Waals surface area contributed by atoms with Crippen molar-refractivity contribution in [2.45, 2.75) is 52.4 Å². The van der Waals surface area contributed by atoms with E-state index >= 15 is 0 Å². The van der Waals surface area contributed by atoms with Crippen LogP contribution < -0.4 is 5.32 Å². The number of hydrogen-bond acceptors (Lipinski definition) is 4. The topological polar surface area (TPSA) is 71.7 Å². The fourth-order valence-electron chi connectivity index (χ4n) is 1.64. The van der Waals surface area contributed by atoms with Gasteiger partial charge in [0.25, 0.3) is 0 Å². The fourth-order valence-corrected chi connectivity index (χ4v) is 1.64. The predicted molar refractivity (Wildman–Crippen MR) is 71.7 cm³/mol. The number of ether oxygens (including phenoxy) is 1. The quantitative estimate of drug-likeness (QED) is 0.881. The van der Waals surface area contributed by atoms with Crippen LogP contribution in [0.5, 0.6) is 0 Å². The summed E-state index contributed by atoms with van der Waals surface area (Å²) in [5.41, 5.74) is -0.564. The normalized spacial score (nSPS) is 16.5. The zero-order valence-electron chi connectivity index (χ0n) is 12.1. The van der Waals surface area contributed by atoms with Gasteiger partial charge < -0.3 is 19.6 Å². The van der Waals surface area contributed by atoms with Gasteiger partial charge in [-0.2, -0.15) is 0 Å². The van der Waals surface area contributed by atoms with Crippen molar-refractivity contribution in [2.75, 3.05) is 0 Å². The number of aliphatic hydroxyl groups is 1. The van der Waals surface area contributed by atoms with Crippen LogP contribution in [-0.2, 0) is 4.74 Å². The van der Waals surface area contributed by atoms with Gasteiger partial charge in [0.15, 0.2) is 0 Å². The van der Waals surface area contributed by atoms with Crippen LogP contribution in [0.4, 0.5) is 4.79 Å². The molecular weight excluding hydrogens is 246 g/mol. The largest absolute Gasteiger partial charge is 0.467 e. The average molecular weight is 269 g/mol. The third kappa shape index (κ3) is 4.95. The van der Waals surface area contributed by atoms with Crippen LogP contribution in [0.1, 0.15) is 46.4 Å². The summed E-state index contributed by atoms with van der Waals surface area (Å²) in [6, 6.07) is 3.08. The molecule has 0 fully saturated rings. The standard InChI is InChI=1S/C14H23NO4/c1-9(10(2)16)12(11-7-6-8-18-11)15-13(17)19-14(3,4)5/h6-10,12,16H,1-5H3,(H,15,17)/t9-,10-,12-/m0/s1. The van der Waals surface area contributed by atoms with Gasteiger partial charge in [-0.05, 0) is 39.8 Å². The van der Waals surface area contributed by atoms with E-state index in [1.54, 1.807) is 39.8 Å². The summed E-state index contributed by atoms with van der Waals surface area (Å²) in [6.45, 7) is 8.92. The second kappa shape index (κ2) is 6.10. The lowest BCUT2D eigenvalue weighted by atomic mass is 9.95. The minimum absolute atomic E-state index is 0.196. The van der Waals surface area contributed by atoms with Crippen LogP contribution in [0.2, 0.25) is 0 Å². The molecule has 108 valence electrons. The molecule has 5 nitrogen and oxygen atoms in total. The molecule has 0 aromatic carbocycles. The molecule has 0 radical (unpaired) electrons. The summed E-state index contributed by atoms with van der Waals surface area (Å²) < 4.78 is 10.5. The molecule has 1 aromatic heterocycles. The van der Waals surface area contributed by atoms with Crippen molar-refractivity contribution in [3.63, 3.8) is 0 Å². The van der Waals surface area contributed by atoms with Gasteiger partial charge in [0.1, 0.15) is 11.4 Å². The Balaban J connectivity index is 2.79. The molecule has 0 saturated carbocycles. The number of alkyl carbamates (subject to hydrolysis) is 1. The van der Waals surface area contributed by atoms with Crippen molar-refractivity contribution in [2.24, 2.45) is 5.92 Å². The number of aliphatic hydroxyl groups excluding tert-OH is 1. The second-order valence-corrected chi connectivity index (χ2v) is 5.74. The van der Waals surface area contributed by atoms with Crippen LogP contribution in [0.25, 0.3) is 0 Å². The summed E-state index contributed by atoms with van der Waals surface area (Å²) >= 11 is 0. The Kier molecular flexibility index (Phi) is 5.00. The predicted octanol–water partition coefficient (Wildman–Crippen LogP) is 2.86. The van der Waals surface area contributed by atoms with Crippen LogP contribution >= 0.6 is 0 Å². The van der Waals surface area contributed by atoms with E-state index < -0.39 is 23.8 Å². The molecule has 1 amide bonds. The van der Waals surface area contributed by atoms with Gasteiger partial charge in [0.05, 0.1) is 18.4 Å². The molecule has 0 bridgehead atoms. The lowest BCUT2D eigenvalue weighted by Crippen LogP contribution is -2.39. The SMILES string of the molecule is C[C@@H]([C@H](C)O)[C@H](NC(=O)OC(C)(C)C)c1ccco1. The Morgan fingerprint density at radius 3 is 2.47 bits per heavy atom. The van der Waals surface area contributed by atoms with E-state index in [0.29, 0.717) is 5.76 Å². The minimum atomic E-state index is -0.579. The van der Waals surface area contributed by atoms with E-state index in [1.807, 2.05) is 6.92 Å². The number of amides is 1. The zero-order valence-corrected chi connectivity index (χ0v) is 12.1. The molecule has 0 saturated heterocycles. The summed E-state index contributed by atoms with van der Waals surface area (Å²) in [7, 11) is 0. The third-order valence-electron chi connectivity index (χ3n) is 2.81. The first-order valence-corrected chi connectivity index (χ1v) is 6.41. The molecule has 0 aliphatic heterocycles. The molecular formula is C14H23NO4. The average Bonchev–Trinajstić information content (AvgIpc) is 2.75. The van der Waals surface area contributed by atoms with Gasteiger partial charge >= 0.3 is 6.09 Å². The Labute approximate surface area is 113 Å². The first-order valence-electron chi connectivity index (χ1n) is 6.41. The molecule has 19 heavy (non-hydrogen) atoms. The van der Waals surface area contributed by atoms with Gasteiger partial charge in [-0.25, -0.2) is 4.79 Å². The van der Waals surface area contributed by atoms with Crippen molar-refractivity contribution in [3.05, 3.63) is 24.2 Å². The van der Waals surface area contributed by atoms with E-state index in [2.05, 4.69) is 5.32 Å². The second-order valence-electron chi connectivity index (χ2n) is 5.74. The van der Waals surface area contributed by atoms with Crippen molar-refractivity contribution < 1.29 is 19.1 Å². The van der Waals surface area contributed by atoms with Gasteiger partial charge in [-0.3, -0.25) is 0 Å². The number of furan rings is 1. The van der Waals surface area contributed by atoms with E-state index in [1.165, 1.54) is 6.26 Å². The molecule has 2 N–H and O–H groups in total. The van der Waals surface area contributed by atoms with Gasteiger partial charge in [0.2, 0.25) is 0 Å². The lowest BCUT2D eigenvalue weighted by Gasteiger charge is -2.27. The Morgan fingerprint density at radius 2 is 2.05 bits per heavy atom. The smallest absolute Gasteiger partial charge is 0.408 e. The van der Waals surface area contributed by atoms with Crippen LogP contribution in [0, 0.1) is 5.92 Å². The van der Waals surface area contributed by atoms with Gasteiger partial charge in [-0.1, -0.05) is 6.92 Å².